The molecule has 0 amide bonds. The van der Waals surface area contributed by atoms with Crippen LogP contribution in [0.15, 0.2) is 78.9 Å². The van der Waals surface area contributed by atoms with Gasteiger partial charge in [0.05, 0.1) is 0 Å². The summed E-state index contributed by atoms with van der Waals surface area (Å²) < 4.78 is 36.3. The zero-order valence-electron chi connectivity index (χ0n) is 14.4. The topological polar surface area (TPSA) is 63.6 Å². The molecule has 3 aromatic rings. The van der Waals surface area contributed by atoms with E-state index >= 15 is 0 Å². The van der Waals surface area contributed by atoms with Crippen molar-refractivity contribution in [3.63, 3.8) is 0 Å². The lowest BCUT2D eigenvalue weighted by atomic mass is 10.0. The zero-order chi connectivity index (χ0) is 19.1. The Balaban J connectivity index is 2.02. The van der Waals surface area contributed by atoms with Crippen molar-refractivity contribution in [2.24, 2.45) is 0 Å². The first-order valence-electron chi connectivity index (χ1n) is 8.27. The Morgan fingerprint density at radius 3 is 1.78 bits per heavy atom. The molecular formula is C22H18O4S. The molecule has 0 spiro atoms. The predicted molar refractivity (Wildman–Crippen MR) is 109 cm³/mol. The van der Waals surface area contributed by atoms with Gasteiger partial charge in [0, 0.05) is 5.56 Å². The van der Waals surface area contributed by atoms with E-state index in [1.807, 2.05) is 85.0 Å². The molecule has 0 bridgehead atoms. The zero-order valence-corrected chi connectivity index (χ0v) is 15.2. The smallest absolute Gasteiger partial charge is 0.361 e. The highest BCUT2D eigenvalue weighted by atomic mass is 32.3. The Labute approximate surface area is 159 Å². The predicted octanol–water partition coefficient (Wildman–Crippen LogP) is 5.21. The van der Waals surface area contributed by atoms with E-state index in [-0.39, 0.29) is 5.75 Å². The largest absolute Gasteiger partial charge is 0.446 e. The summed E-state index contributed by atoms with van der Waals surface area (Å²) >= 11 is 0. The van der Waals surface area contributed by atoms with Gasteiger partial charge in [0.15, 0.2) is 5.75 Å². The van der Waals surface area contributed by atoms with Gasteiger partial charge >= 0.3 is 10.4 Å². The molecule has 0 fully saturated rings. The minimum atomic E-state index is -4.62. The molecule has 3 rings (SSSR count). The van der Waals surface area contributed by atoms with Crippen LogP contribution < -0.4 is 4.18 Å². The van der Waals surface area contributed by atoms with Gasteiger partial charge in [0.25, 0.3) is 0 Å². The van der Waals surface area contributed by atoms with Gasteiger partial charge < -0.3 is 4.18 Å². The van der Waals surface area contributed by atoms with Crippen LogP contribution in [0.3, 0.4) is 0 Å². The SMILES string of the molecule is O=S(=O)(O)Oc1cccc(C=Cc2ccccc2)c1C=Cc1ccccc1. The van der Waals surface area contributed by atoms with Crippen LogP contribution in [0.1, 0.15) is 22.3 Å². The van der Waals surface area contributed by atoms with Crippen LogP contribution in [0.4, 0.5) is 0 Å². The van der Waals surface area contributed by atoms with Crippen molar-refractivity contribution in [1.29, 1.82) is 0 Å². The van der Waals surface area contributed by atoms with Gasteiger partial charge in [-0.3, -0.25) is 4.55 Å². The summed E-state index contributed by atoms with van der Waals surface area (Å²) in [6, 6.07) is 24.4. The molecule has 0 aliphatic heterocycles. The third-order valence-corrected chi connectivity index (χ3v) is 4.18. The minimum Gasteiger partial charge on any atom is -0.361 e. The molecule has 3 aromatic carbocycles. The summed E-state index contributed by atoms with van der Waals surface area (Å²) in [5, 5.41) is 0. The fourth-order valence-electron chi connectivity index (χ4n) is 2.56. The van der Waals surface area contributed by atoms with Crippen molar-refractivity contribution in [3.8, 4) is 5.75 Å². The average Bonchev–Trinajstić information content (AvgIpc) is 2.66. The Bertz CT molecular complexity index is 1050. The molecule has 0 radical (unpaired) electrons. The molecule has 0 aliphatic rings. The summed E-state index contributed by atoms with van der Waals surface area (Å²) in [7, 11) is -4.62. The summed E-state index contributed by atoms with van der Waals surface area (Å²) in [5.74, 6) is 0.0555. The molecule has 0 atom stereocenters. The van der Waals surface area contributed by atoms with E-state index in [0.717, 1.165) is 16.7 Å². The summed E-state index contributed by atoms with van der Waals surface area (Å²) in [6.45, 7) is 0. The molecule has 0 saturated heterocycles. The van der Waals surface area contributed by atoms with Crippen LogP contribution in [0.5, 0.6) is 5.75 Å². The molecule has 0 heterocycles. The van der Waals surface area contributed by atoms with Gasteiger partial charge in [0.2, 0.25) is 0 Å². The second-order valence-corrected chi connectivity index (χ2v) is 6.78. The number of hydrogen-bond donors (Lipinski definition) is 1. The number of benzene rings is 3. The second kappa shape index (κ2) is 8.49. The van der Waals surface area contributed by atoms with Gasteiger partial charge in [-0.2, -0.15) is 8.42 Å². The maximum absolute atomic E-state index is 11.2. The van der Waals surface area contributed by atoms with Gasteiger partial charge in [-0.1, -0.05) is 91.0 Å². The standard InChI is InChI=1S/C22H18O4S/c23-27(24,25)26-22-13-7-12-20(16-14-18-8-3-1-4-9-18)21(22)17-15-19-10-5-2-6-11-19/h1-17H,(H,23,24,25). The molecule has 136 valence electrons. The highest BCUT2D eigenvalue weighted by molar-refractivity contribution is 7.81. The Morgan fingerprint density at radius 1 is 0.667 bits per heavy atom. The molecule has 1 N–H and O–H groups in total. The second-order valence-electron chi connectivity index (χ2n) is 5.76. The third-order valence-electron chi connectivity index (χ3n) is 3.79. The molecule has 0 unspecified atom stereocenters. The lowest BCUT2D eigenvalue weighted by molar-refractivity contribution is 0.386. The Hall–Kier alpha value is -3.15. The van der Waals surface area contributed by atoms with E-state index in [1.54, 1.807) is 12.1 Å². The first kappa shape index (κ1) is 18.6. The van der Waals surface area contributed by atoms with Gasteiger partial charge in [-0.15, -0.1) is 0 Å². The fourth-order valence-corrected chi connectivity index (χ4v) is 2.94. The molecule has 0 aliphatic carbocycles. The van der Waals surface area contributed by atoms with E-state index in [4.69, 9.17) is 8.74 Å². The van der Waals surface area contributed by atoms with Crippen molar-refractivity contribution in [2.45, 2.75) is 0 Å². The summed E-state index contributed by atoms with van der Waals surface area (Å²) in [4.78, 5) is 0. The Morgan fingerprint density at radius 2 is 1.22 bits per heavy atom. The first-order chi connectivity index (χ1) is 13.0. The van der Waals surface area contributed by atoms with E-state index < -0.39 is 10.4 Å². The van der Waals surface area contributed by atoms with Gasteiger partial charge in [-0.25, -0.2) is 0 Å². The van der Waals surface area contributed by atoms with Crippen molar-refractivity contribution in [1.82, 2.24) is 0 Å². The number of rotatable bonds is 6. The van der Waals surface area contributed by atoms with E-state index in [9.17, 15) is 8.42 Å². The minimum absolute atomic E-state index is 0.0555. The maximum atomic E-state index is 11.2. The quantitative estimate of drug-likeness (QED) is 0.472. The van der Waals surface area contributed by atoms with Gasteiger partial charge in [0.1, 0.15) is 0 Å². The van der Waals surface area contributed by atoms with E-state index in [0.29, 0.717) is 5.56 Å². The molecule has 27 heavy (non-hydrogen) atoms. The van der Waals surface area contributed by atoms with Crippen molar-refractivity contribution >= 4 is 34.7 Å². The van der Waals surface area contributed by atoms with Crippen LogP contribution in [-0.4, -0.2) is 13.0 Å². The molecular weight excluding hydrogens is 360 g/mol. The van der Waals surface area contributed by atoms with Crippen LogP contribution in [0.25, 0.3) is 24.3 Å². The van der Waals surface area contributed by atoms with Crippen molar-refractivity contribution < 1.29 is 17.2 Å². The van der Waals surface area contributed by atoms with E-state index in [2.05, 4.69) is 0 Å². The van der Waals surface area contributed by atoms with Gasteiger partial charge in [-0.05, 0) is 28.8 Å². The third kappa shape index (κ3) is 5.67. The average molecular weight is 378 g/mol. The normalized spacial score (nSPS) is 11.9. The fraction of sp³-hybridized carbons (Fsp3) is 0. The van der Waals surface area contributed by atoms with Crippen LogP contribution in [-0.2, 0) is 10.4 Å². The molecule has 0 saturated carbocycles. The monoisotopic (exact) mass is 378 g/mol. The highest BCUT2D eigenvalue weighted by Gasteiger charge is 2.12. The highest BCUT2D eigenvalue weighted by Crippen LogP contribution is 2.27. The summed E-state index contributed by atoms with van der Waals surface area (Å²) in [6.07, 6.45) is 7.41. The maximum Gasteiger partial charge on any atom is 0.446 e. The Kier molecular flexibility index (Phi) is 5.86. The first-order valence-corrected chi connectivity index (χ1v) is 9.64. The van der Waals surface area contributed by atoms with Crippen molar-refractivity contribution in [3.05, 3.63) is 101 Å². The van der Waals surface area contributed by atoms with Crippen LogP contribution in [0.2, 0.25) is 0 Å². The van der Waals surface area contributed by atoms with Crippen molar-refractivity contribution in [2.75, 3.05) is 0 Å². The lowest BCUT2D eigenvalue weighted by Crippen LogP contribution is -2.08. The molecule has 0 aromatic heterocycles. The summed E-state index contributed by atoms with van der Waals surface area (Å²) in [5.41, 5.74) is 3.27. The van der Waals surface area contributed by atoms with E-state index in [1.165, 1.54) is 6.07 Å². The van der Waals surface area contributed by atoms with Crippen LogP contribution in [0, 0.1) is 0 Å². The van der Waals surface area contributed by atoms with Crippen LogP contribution >= 0.6 is 0 Å². The molecule has 5 heteroatoms. The molecule has 4 nitrogen and oxygen atoms in total. The number of hydrogen-bond acceptors (Lipinski definition) is 3. The lowest BCUT2D eigenvalue weighted by Gasteiger charge is -2.09.